The van der Waals surface area contributed by atoms with Gasteiger partial charge in [0.25, 0.3) is 0 Å². The molecule has 0 aliphatic heterocycles. The normalized spacial score (nSPS) is 12.6. The molecule has 1 aromatic heterocycles. The molecule has 1 unspecified atom stereocenters. The Morgan fingerprint density at radius 3 is 2.61 bits per heavy atom. The highest BCUT2D eigenvalue weighted by Crippen LogP contribution is 2.18. The van der Waals surface area contributed by atoms with E-state index in [1.54, 1.807) is 11.3 Å². The molecule has 0 bridgehead atoms. The van der Waals surface area contributed by atoms with E-state index in [1.807, 2.05) is 19.1 Å². The van der Waals surface area contributed by atoms with Crippen LogP contribution in [0.25, 0.3) is 0 Å². The third-order valence-corrected chi connectivity index (χ3v) is 3.81. The van der Waals surface area contributed by atoms with Crippen molar-refractivity contribution in [2.24, 2.45) is 0 Å². The minimum atomic E-state index is -0.191. The third kappa shape index (κ3) is 3.37. The molecule has 4 heteroatoms. The second kappa shape index (κ2) is 6.07. The molecule has 1 N–H and O–H groups in total. The van der Waals surface area contributed by atoms with Crippen LogP contribution in [0.2, 0.25) is 0 Å². The molecule has 1 heterocycles. The van der Waals surface area contributed by atoms with Gasteiger partial charge < -0.3 is 5.32 Å². The number of aryl methyl sites for hydroxylation is 1. The fourth-order valence-corrected chi connectivity index (χ4v) is 2.61. The Morgan fingerprint density at radius 1 is 1.33 bits per heavy atom. The summed E-state index contributed by atoms with van der Waals surface area (Å²) in [6, 6.07) is 6.93. The Labute approximate surface area is 111 Å². The smallest absolute Gasteiger partial charge is 0.123 e. The van der Waals surface area contributed by atoms with Crippen molar-refractivity contribution in [1.29, 1.82) is 0 Å². The Bertz CT molecular complexity index is 493. The summed E-state index contributed by atoms with van der Waals surface area (Å²) in [7, 11) is 0. The number of halogens is 1. The zero-order chi connectivity index (χ0) is 13.0. The van der Waals surface area contributed by atoms with Crippen molar-refractivity contribution in [1.82, 2.24) is 10.3 Å². The van der Waals surface area contributed by atoms with E-state index in [1.165, 1.54) is 12.1 Å². The minimum absolute atomic E-state index is 0.191. The van der Waals surface area contributed by atoms with E-state index in [-0.39, 0.29) is 11.9 Å². The van der Waals surface area contributed by atoms with Crippen LogP contribution in [0.3, 0.4) is 0 Å². The van der Waals surface area contributed by atoms with Crippen LogP contribution in [0.4, 0.5) is 4.39 Å². The molecule has 2 nitrogen and oxygen atoms in total. The highest BCUT2D eigenvalue weighted by atomic mass is 32.1. The number of hydrogen-bond acceptors (Lipinski definition) is 3. The predicted octanol–water partition coefficient (Wildman–Crippen LogP) is 3.83. The van der Waals surface area contributed by atoms with Gasteiger partial charge in [-0.2, -0.15) is 0 Å². The molecule has 96 valence electrons. The van der Waals surface area contributed by atoms with E-state index in [0.29, 0.717) is 0 Å². The van der Waals surface area contributed by atoms with Crippen LogP contribution in [0.15, 0.2) is 29.6 Å². The van der Waals surface area contributed by atoms with Gasteiger partial charge in [0, 0.05) is 23.7 Å². The van der Waals surface area contributed by atoms with E-state index in [0.717, 1.165) is 29.2 Å². The lowest BCUT2D eigenvalue weighted by Crippen LogP contribution is -2.20. The SMILES string of the molecule is CCC(NCc1nc(C)cs1)c1ccc(F)cc1. The molecule has 1 atom stereocenters. The second-order valence-corrected chi connectivity index (χ2v) is 5.22. The summed E-state index contributed by atoms with van der Waals surface area (Å²) in [6.07, 6.45) is 0.968. The van der Waals surface area contributed by atoms with Crippen LogP contribution in [0.1, 0.15) is 35.7 Å². The first-order valence-corrected chi connectivity index (χ1v) is 6.97. The first-order chi connectivity index (χ1) is 8.69. The highest BCUT2D eigenvalue weighted by molar-refractivity contribution is 7.09. The van der Waals surface area contributed by atoms with Crippen LogP contribution in [0.5, 0.6) is 0 Å². The molecule has 2 aromatic rings. The van der Waals surface area contributed by atoms with Gasteiger partial charge in [0.1, 0.15) is 10.8 Å². The standard InChI is InChI=1S/C14H17FN2S/c1-3-13(11-4-6-12(15)7-5-11)16-8-14-17-10(2)9-18-14/h4-7,9,13,16H,3,8H2,1-2H3. The van der Waals surface area contributed by atoms with E-state index in [2.05, 4.69) is 22.6 Å². The van der Waals surface area contributed by atoms with Gasteiger partial charge in [-0.25, -0.2) is 9.37 Å². The monoisotopic (exact) mass is 264 g/mol. The van der Waals surface area contributed by atoms with Crippen LogP contribution in [-0.2, 0) is 6.54 Å². The quantitative estimate of drug-likeness (QED) is 0.887. The third-order valence-electron chi connectivity index (χ3n) is 2.85. The van der Waals surface area contributed by atoms with E-state index in [4.69, 9.17) is 0 Å². The highest BCUT2D eigenvalue weighted by Gasteiger charge is 2.09. The van der Waals surface area contributed by atoms with Crippen molar-refractivity contribution in [3.05, 3.63) is 51.7 Å². The first-order valence-electron chi connectivity index (χ1n) is 6.09. The van der Waals surface area contributed by atoms with Crippen molar-refractivity contribution in [2.75, 3.05) is 0 Å². The van der Waals surface area contributed by atoms with Gasteiger partial charge in [0.15, 0.2) is 0 Å². The lowest BCUT2D eigenvalue weighted by atomic mass is 10.0. The molecule has 1 aromatic carbocycles. The summed E-state index contributed by atoms with van der Waals surface area (Å²) >= 11 is 1.67. The molecule has 2 rings (SSSR count). The van der Waals surface area contributed by atoms with Crippen LogP contribution >= 0.6 is 11.3 Å². The maximum atomic E-state index is 12.9. The molecule has 18 heavy (non-hydrogen) atoms. The molecule has 0 aliphatic carbocycles. The van der Waals surface area contributed by atoms with Gasteiger partial charge in [-0.05, 0) is 31.0 Å². The van der Waals surface area contributed by atoms with Crippen LogP contribution < -0.4 is 5.32 Å². The van der Waals surface area contributed by atoms with Crippen LogP contribution in [-0.4, -0.2) is 4.98 Å². The average Bonchev–Trinajstić information content (AvgIpc) is 2.78. The van der Waals surface area contributed by atoms with Gasteiger partial charge >= 0.3 is 0 Å². The van der Waals surface area contributed by atoms with Crippen molar-refractivity contribution in [3.8, 4) is 0 Å². The molecule has 0 radical (unpaired) electrons. The summed E-state index contributed by atoms with van der Waals surface area (Å²) in [5, 5.41) is 6.60. The van der Waals surface area contributed by atoms with Crippen LogP contribution in [0, 0.1) is 12.7 Å². The summed E-state index contributed by atoms with van der Waals surface area (Å²) in [5.74, 6) is -0.191. The number of rotatable bonds is 5. The number of thiazole rings is 1. The van der Waals surface area contributed by atoms with E-state index >= 15 is 0 Å². The van der Waals surface area contributed by atoms with Crippen molar-refractivity contribution < 1.29 is 4.39 Å². The molecule has 0 aliphatic rings. The zero-order valence-electron chi connectivity index (χ0n) is 10.6. The topological polar surface area (TPSA) is 24.9 Å². The molecular weight excluding hydrogens is 247 g/mol. The maximum absolute atomic E-state index is 12.9. The summed E-state index contributed by atoms with van der Waals surface area (Å²) < 4.78 is 12.9. The predicted molar refractivity (Wildman–Crippen MR) is 73.1 cm³/mol. The lowest BCUT2D eigenvalue weighted by molar-refractivity contribution is 0.516. The van der Waals surface area contributed by atoms with Crippen molar-refractivity contribution in [2.45, 2.75) is 32.9 Å². The fraction of sp³-hybridized carbons (Fsp3) is 0.357. The number of benzene rings is 1. The number of hydrogen-bond donors (Lipinski definition) is 1. The Kier molecular flexibility index (Phi) is 4.44. The Hall–Kier alpha value is -1.26. The van der Waals surface area contributed by atoms with Gasteiger partial charge in [0.2, 0.25) is 0 Å². The number of nitrogens with zero attached hydrogens (tertiary/aromatic N) is 1. The molecule has 0 saturated carbocycles. The van der Waals surface area contributed by atoms with Gasteiger partial charge in [-0.1, -0.05) is 19.1 Å². The Balaban J connectivity index is 1.99. The molecular formula is C14H17FN2S. The largest absolute Gasteiger partial charge is 0.304 e. The number of nitrogens with one attached hydrogen (secondary N) is 1. The molecule has 0 saturated heterocycles. The molecule has 0 amide bonds. The minimum Gasteiger partial charge on any atom is -0.304 e. The fourth-order valence-electron chi connectivity index (χ4n) is 1.89. The average molecular weight is 264 g/mol. The summed E-state index contributed by atoms with van der Waals surface area (Å²) in [5.41, 5.74) is 2.18. The van der Waals surface area contributed by atoms with Gasteiger partial charge in [0.05, 0.1) is 0 Å². The summed E-state index contributed by atoms with van der Waals surface area (Å²) in [4.78, 5) is 4.42. The molecule has 0 spiro atoms. The van der Waals surface area contributed by atoms with E-state index < -0.39 is 0 Å². The summed E-state index contributed by atoms with van der Waals surface area (Å²) in [6.45, 7) is 4.87. The molecule has 0 fully saturated rings. The number of aromatic nitrogens is 1. The lowest BCUT2D eigenvalue weighted by Gasteiger charge is -2.16. The van der Waals surface area contributed by atoms with Crippen molar-refractivity contribution >= 4 is 11.3 Å². The maximum Gasteiger partial charge on any atom is 0.123 e. The Morgan fingerprint density at radius 2 is 2.06 bits per heavy atom. The second-order valence-electron chi connectivity index (χ2n) is 4.28. The van der Waals surface area contributed by atoms with Gasteiger partial charge in [-0.15, -0.1) is 11.3 Å². The van der Waals surface area contributed by atoms with Gasteiger partial charge in [-0.3, -0.25) is 0 Å². The van der Waals surface area contributed by atoms with E-state index in [9.17, 15) is 4.39 Å². The van der Waals surface area contributed by atoms with Crippen molar-refractivity contribution in [3.63, 3.8) is 0 Å². The zero-order valence-corrected chi connectivity index (χ0v) is 11.4. The first kappa shape index (κ1) is 13.2.